The number of carbonyl (C=O) groups excluding carboxylic acids is 1. The monoisotopic (exact) mass is 515 g/mol. The van der Waals surface area contributed by atoms with E-state index in [-0.39, 0.29) is 6.03 Å². The van der Waals surface area contributed by atoms with Crippen molar-refractivity contribution in [3.8, 4) is 11.5 Å². The fourth-order valence-electron chi connectivity index (χ4n) is 5.18. The van der Waals surface area contributed by atoms with Gasteiger partial charge in [-0.1, -0.05) is 49.6 Å². The smallest absolute Gasteiger partial charge is 0.320 e. The topological polar surface area (TPSA) is 54.9 Å². The fraction of sp³-hybridized carbons (Fsp3) is 0.438. The highest BCUT2D eigenvalue weighted by atomic mass is 16.5. The van der Waals surface area contributed by atoms with Crippen LogP contribution < -0.4 is 9.47 Å². The fourth-order valence-corrected chi connectivity index (χ4v) is 5.18. The quantitative estimate of drug-likeness (QED) is 0.236. The lowest BCUT2D eigenvalue weighted by Gasteiger charge is -2.38. The molecule has 1 aromatic heterocycles. The number of amides is 2. The lowest BCUT2D eigenvalue weighted by atomic mass is 9.94. The van der Waals surface area contributed by atoms with Crippen molar-refractivity contribution in [1.82, 2.24) is 14.8 Å². The second kappa shape index (κ2) is 15.0. The Kier molecular flexibility index (Phi) is 10.9. The average molecular weight is 516 g/mol. The first kappa shape index (κ1) is 27.5. The predicted molar refractivity (Wildman–Crippen MR) is 151 cm³/mol. The molecule has 1 aliphatic carbocycles. The minimum Gasteiger partial charge on any atom is -0.497 e. The summed E-state index contributed by atoms with van der Waals surface area (Å²) in [5, 5.41) is 0. The van der Waals surface area contributed by atoms with Crippen molar-refractivity contribution < 1.29 is 14.3 Å². The van der Waals surface area contributed by atoms with Crippen LogP contribution in [0.1, 0.15) is 56.1 Å². The molecular formula is C32H41N3O3. The Hall–Kier alpha value is -3.54. The molecule has 0 N–H and O–H groups in total. The van der Waals surface area contributed by atoms with Crippen LogP contribution in [-0.2, 0) is 13.0 Å². The number of ether oxygens (including phenoxy) is 2. The van der Waals surface area contributed by atoms with Gasteiger partial charge in [0.05, 0.1) is 13.7 Å². The van der Waals surface area contributed by atoms with Gasteiger partial charge in [-0.15, -0.1) is 0 Å². The summed E-state index contributed by atoms with van der Waals surface area (Å²) in [6.07, 6.45) is 12.1. The molecular weight excluding hydrogens is 474 g/mol. The van der Waals surface area contributed by atoms with E-state index in [0.29, 0.717) is 25.7 Å². The predicted octanol–water partition coefficient (Wildman–Crippen LogP) is 6.75. The molecule has 0 saturated heterocycles. The zero-order valence-electron chi connectivity index (χ0n) is 22.6. The highest BCUT2D eigenvalue weighted by Crippen LogP contribution is 2.25. The summed E-state index contributed by atoms with van der Waals surface area (Å²) in [7, 11) is 1.66. The molecule has 202 valence electrons. The van der Waals surface area contributed by atoms with Gasteiger partial charge >= 0.3 is 6.03 Å². The van der Waals surface area contributed by atoms with Crippen LogP contribution in [0.15, 0.2) is 79.1 Å². The molecule has 3 aromatic rings. The molecule has 38 heavy (non-hydrogen) atoms. The van der Waals surface area contributed by atoms with Crippen molar-refractivity contribution in [2.24, 2.45) is 0 Å². The van der Waals surface area contributed by atoms with Gasteiger partial charge in [0.25, 0.3) is 0 Å². The normalized spacial score (nSPS) is 13.6. The molecule has 0 bridgehead atoms. The van der Waals surface area contributed by atoms with Crippen molar-refractivity contribution in [1.29, 1.82) is 0 Å². The Balaban J connectivity index is 1.41. The number of hydrogen-bond acceptors (Lipinski definition) is 4. The highest BCUT2D eigenvalue weighted by Gasteiger charge is 2.28. The van der Waals surface area contributed by atoms with Crippen LogP contribution in [0, 0.1) is 0 Å². The number of rotatable bonds is 13. The largest absolute Gasteiger partial charge is 0.497 e. The van der Waals surface area contributed by atoms with Crippen molar-refractivity contribution in [2.75, 3.05) is 26.8 Å². The van der Waals surface area contributed by atoms with E-state index in [4.69, 9.17) is 9.47 Å². The number of methoxy groups -OCH3 is 1. The van der Waals surface area contributed by atoms with Crippen LogP contribution in [0.2, 0.25) is 0 Å². The van der Waals surface area contributed by atoms with Crippen LogP contribution in [0.25, 0.3) is 0 Å². The van der Waals surface area contributed by atoms with Gasteiger partial charge in [0.2, 0.25) is 0 Å². The molecule has 0 unspecified atom stereocenters. The highest BCUT2D eigenvalue weighted by molar-refractivity contribution is 5.75. The van der Waals surface area contributed by atoms with E-state index >= 15 is 0 Å². The maximum Gasteiger partial charge on any atom is 0.320 e. The number of benzene rings is 2. The standard InChI is InChI=1S/C32H41N3O3/c1-37-30-15-17-31(18-16-30)38-25-9-24-35(29-13-6-3-7-14-29)32(36)34(26-28-10-4-2-5-11-28)23-8-12-27-19-21-33-22-20-27/h2,4-5,10-11,15-22,29H,3,6-9,12-14,23-26H2,1H3. The summed E-state index contributed by atoms with van der Waals surface area (Å²) in [5.41, 5.74) is 2.42. The number of pyridine rings is 1. The van der Waals surface area contributed by atoms with E-state index in [1.54, 1.807) is 7.11 Å². The number of aromatic nitrogens is 1. The zero-order chi connectivity index (χ0) is 26.4. The Morgan fingerprint density at radius 3 is 2.26 bits per heavy atom. The summed E-state index contributed by atoms with van der Waals surface area (Å²) in [6, 6.07) is 22.6. The number of aryl methyl sites for hydroxylation is 1. The van der Waals surface area contributed by atoms with E-state index in [1.807, 2.05) is 54.9 Å². The van der Waals surface area contributed by atoms with Crippen LogP contribution >= 0.6 is 0 Å². The molecule has 0 radical (unpaired) electrons. The van der Waals surface area contributed by atoms with Gasteiger partial charge < -0.3 is 19.3 Å². The summed E-state index contributed by atoms with van der Waals surface area (Å²) in [6.45, 7) is 2.63. The molecule has 4 rings (SSSR count). The van der Waals surface area contributed by atoms with Gasteiger partial charge in [-0.25, -0.2) is 4.79 Å². The number of carbonyl (C=O) groups is 1. The Morgan fingerprint density at radius 2 is 1.55 bits per heavy atom. The molecule has 0 aliphatic heterocycles. The number of nitrogens with zero attached hydrogens (tertiary/aromatic N) is 3. The van der Waals surface area contributed by atoms with Gasteiger partial charge in [0.15, 0.2) is 0 Å². The minimum atomic E-state index is 0.153. The molecule has 0 atom stereocenters. The molecule has 1 aliphatic rings. The maximum atomic E-state index is 14.1. The van der Waals surface area contributed by atoms with Crippen molar-refractivity contribution in [3.05, 3.63) is 90.3 Å². The molecule has 2 amide bonds. The Morgan fingerprint density at radius 1 is 0.842 bits per heavy atom. The number of urea groups is 1. The third kappa shape index (κ3) is 8.51. The first-order valence-corrected chi connectivity index (χ1v) is 14.0. The van der Waals surface area contributed by atoms with E-state index in [0.717, 1.165) is 55.7 Å². The summed E-state index contributed by atoms with van der Waals surface area (Å²) in [4.78, 5) is 22.4. The number of hydrogen-bond donors (Lipinski definition) is 0. The lowest BCUT2D eigenvalue weighted by Crippen LogP contribution is -2.49. The average Bonchev–Trinajstić information content (AvgIpc) is 2.98. The zero-order valence-corrected chi connectivity index (χ0v) is 22.6. The minimum absolute atomic E-state index is 0.153. The van der Waals surface area contributed by atoms with E-state index in [1.165, 1.54) is 24.8 Å². The Labute approximate surface area is 227 Å². The van der Waals surface area contributed by atoms with Crippen molar-refractivity contribution >= 4 is 6.03 Å². The van der Waals surface area contributed by atoms with Crippen molar-refractivity contribution in [2.45, 2.75) is 64.0 Å². The van der Waals surface area contributed by atoms with E-state index in [2.05, 4.69) is 39.0 Å². The first-order chi connectivity index (χ1) is 18.7. The van der Waals surface area contributed by atoms with Gasteiger partial charge in [-0.3, -0.25) is 4.98 Å². The molecule has 1 fully saturated rings. The van der Waals surface area contributed by atoms with Crippen LogP contribution in [0.4, 0.5) is 4.79 Å². The summed E-state index contributed by atoms with van der Waals surface area (Å²) in [5.74, 6) is 1.64. The van der Waals surface area contributed by atoms with Gasteiger partial charge in [-0.2, -0.15) is 0 Å². The molecule has 1 saturated carbocycles. The van der Waals surface area contributed by atoms with Crippen LogP contribution in [-0.4, -0.2) is 53.7 Å². The van der Waals surface area contributed by atoms with Gasteiger partial charge in [0.1, 0.15) is 11.5 Å². The lowest BCUT2D eigenvalue weighted by molar-refractivity contribution is 0.112. The van der Waals surface area contributed by atoms with Crippen molar-refractivity contribution in [3.63, 3.8) is 0 Å². The summed E-state index contributed by atoms with van der Waals surface area (Å²) >= 11 is 0. The van der Waals surface area contributed by atoms with Crippen LogP contribution in [0.3, 0.4) is 0 Å². The first-order valence-electron chi connectivity index (χ1n) is 14.0. The van der Waals surface area contributed by atoms with Crippen LogP contribution in [0.5, 0.6) is 11.5 Å². The van der Waals surface area contributed by atoms with E-state index < -0.39 is 0 Å². The summed E-state index contributed by atoms with van der Waals surface area (Å²) < 4.78 is 11.2. The third-order valence-corrected chi connectivity index (χ3v) is 7.26. The second-order valence-electron chi connectivity index (χ2n) is 10.0. The van der Waals surface area contributed by atoms with Gasteiger partial charge in [-0.05, 0) is 79.6 Å². The third-order valence-electron chi connectivity index (χ3n) is 7.26. The Bertz CT molecular complexity index is 1070. The maximum absolute atomic E-state index is 14.1. The van der Waals surface area contributed by atoms with Gasteiger partial charge in [0, 0.05) is 38.1 Å². The molecule has 6 nitrogen and oxygen atoms in total. The molecule has 1 heterocycles. The molecule has 0 spiro atoms. The van der Waals surface area contributed by atoms with E-state index in [9.17, 15) is 4.79 Å². The SMILES string of the molecule is COc1ccc(OCCCN(C(=O)N(CCCc2ccncc2)Cc2ccccc2)C2CCCCC2)cc1. The molecule has 6 heteroatoms. The second-order valence-corrected chi connectivity index (χ2v) is 10.0. The molecule has 2 aromatic carbocycles.